The van der Waals surface area contributed by atoms with Crippen molar-refractivity contribution in [2.24, 2.45) is 0 Å². The van der Waals surface area contributed by atoms with Crippen LogP contribution in [-0.2, 0) is 11.2 Å². The van der Waals surface area contributed by atoms with Crippen molar-refractivity contribution in [3.8, 4) is 0 Å². The monoisotopic (exact) mass is 383 g/mol. The minimum absolute atomic E-state index is 0.337. The number of carbonyl (C=O) groups excluding carboxylic acids is 1. The second-order valence-electron chi connectivity index (χ2n) is 6.56. The van der Waals surface area contributed by atoms with Gasteiger partial charge < -0.3 is 15.0 Å². The molecule has 0 radical (unpaired) electrons. The van der Waals surface area contributed by atoms with Crippen LogP contribution in [0.1, 0.15) is 15.9 Å². The van der Waals surface area contributed by atoms with Crippen LogP contribution < -0.4 is 5.32 Å². The normalized spacial score (nSPS) is 14.6. The first-order chi connectivity index (χ1) is 13.2. The van der Waals surface area contributed by atoms with Crippen LogP contribution in [0.2, 0.25) is 0 Å². The molecule has 5 nitrogen and oxygen atoms in total. The molecule has 1 saturated heterocycles. The Balaban J connectivity index is 1.43. The van der Waals surface area contributed by atoms with Crippen molar-refractivity contribution in [3.63, 3.8) is 0 Å². The van der Waals surface area contributed by atoms with Crippen molar-refractivity contribution >= 4 is 29.0 Å². The third kappa shape index (κ3) is 5.52. The van der Waals surface area contributed by atoms with Crippen LogP contribution in [0.5, 0.6) is 0 Å². The number of nitrogens with one attached hydrogen (secondary N) is 1. The van der Waals surface area contributed by atoms with Gasteiger partial charge in [-0.3, -0.25) is 4.90 Å². The number of carbonyl (C=O) groups is 1. The fourth-order valence-corrected chi connectivity index (χ4v) is 3.42. The SMILES string of the molecule is COC(=O)c1ccc(NC(=S)N2CCN(CCc3ccccc3)CC2)cc1. The topological polar surface area (TPSA) is 44.8 Å². The highest BCUT2D eigenvalue weighted by Crippen LogP contribution is 2.13. The lowest BCUT2D eigenvalue weighted by Gasteiger charge is -2.36. The molecule has 27 heavy (non-hydrogen) atoms. The summed E-state index contributed by atoms with van der Waals surface area (Å²) in [6, 6.07) is 17.8. The first-order valence-electron chi connectivity index (χ1n) is 9.16. The van der Waals surface area contributed by atoms with Gasteiger partial charge in [-0.05, 0) is 48.5 Å². The molecule has 2 aromatic carbocycles. The van der Waals surface area contributed by atoms with E-state index in [9.17, 15) is 4.79 Å². The summed E-state index contributed by atoms with van der Waals surface area (Å²) >= 11 is 5.55. The summed E-state index contributed by atoms with van der Waals surface area (Å²) in [4.78, 5) is 16.2. The number of anilines is 1. The van der Waals surface area contributed by atoms with Crippen LogP contribution >= 0.6 is 12.2 Å². The zero-order valence-electron chi connectivity index (χ0n) is 15.6. The molecule has 2 aromatic rings. The summed E-state index contributed by atoms with van der Waals surface area (Å²) < 4.78 is 4.71. The fraction of sp³-hybridized carbons (Fsp3) is 0.333. The lowest BCUT2D eigenvalue weighted by molar-refractivity contribution is 0.0601. The highest BCUT2D eigenvalue weighted by atomic mass is 32.1. The Morgan fingerprint density at radius 2 is 1.70 bits per heavy atom. The number of ether oxygens (including phenoxy) is 1. The van der Waals surface area contributed by atoms with Crippen molar-refractivity contribution in [1.82, 2.24) is 9.80 Å². The number of methoxy groups -OCH3 is 1. The summed E-state index contributed by atoms with van der Waals surface area (Å²) in [5, 5.41) is 3.98. The minimum atomic E-state index is -0.337. The molecule has 1 aliphatic rings. The second kappa shape index (κ2) is 9.48. The van der Waals surface area contributed by atoms with Crippen LogP contribution in [-0.4, -0.2) is 60.7 Å². The molecule has 0 spiro atoms. The summed E-state index contributed by atoms with van der Waals surface area (Å²) in [6.45, 7) is 4.93. The van der Waals surface area contributed by atoms with E-state index in [1.807, 2.05) is 12.1 Å². The zero-order valence-corrected chi connectivity index (χ0v) is 16.4. The number of esters is 1. The van der Waals surface area contributed by atoms with Gasteiger partial charge in [-0.25, -0.2) is 4.79 Å². The van der Waals surface area contributed by atoms with Gasteiger partial charge in [0.1, 0.15) is 0 Å². The van der Waals surface area contributed by atoms with Gasteiger partial charge in [-0.15, -0.1) is 0 Å². The molecule has 0 unspecified atom stereocenters. The summed E-state index contributed by atoms with van der Waals surface area (Å²) in [5.74, 6) is -0.337. The molecule has 1 fully saturated rings. The molecule has 0 aliphatic carbocycles. The number of benzene rings is 2. The fourth-order valence-electron chi connectivity index (χ4n) is 3.12. The molecule has 1 heterocycles. The number of nitrogens with zero attached hydrogens (tertiary/aromatic N) is 2. The molecule has 0 bridgehead atoms. The number of hydrogen-bond donors (Lipinski definition) is 1. The Kier molecular flexibility index (Phi) is 6.79. The van der Waals surface area contributed by atoms with E-state index in [4.69, 9.17) is 17.0 Å². The van der Waals surface area contributed by atoms with Crippen molar-refractivity contribution < 1.29 is 9.53 Å². The summed E-state index contributed by atoms with van der Waals surface area (Å²) in [6.07, 6.45) is 1.08. The highest BCUT2D eigenvalue weighted by molar-refractivity contribution is 7.80. The van der Waals surface area contributed by atoms with E-state index in [0.717, 1.165) is 49.9 Å². The Labute approximate surface area is 165 Å². The Hall–Kier alpha value is -2.44. The van der Waals surface area contributed by atoms with Gasteiger partial charge in [0.25, 0.3) is 0 Å². The first kappa shape index (κ1) is 19.3. The van der Waals surface area contributed by atoms with E-state index in [1.54, 1.807) is 12.1 Å². The van der Waals surface area contributed by atoms with E-state index in [0.29, 0.717) is 5.56 Å². The van der Waals surface area contributed by atoms with Crippen LogP contribution in [0.4, 0.5) is 5.69 Å². The zero-order chi connectivity index (χ0) is 19.1. The van der Waals surface area contributed by atoms with Gasteiger partial charge in [0.2, 0.25) is 0 Å². The van der Waals surface area contributed by atoms with Crippen molar-refractivity contribution in [2.45, 2.75) is 6.42 Å². The number of piperazine rings is 1. The van der Waals surface area contributed by atoms with Gasteiger partial charge in [0.15, 0.2) is 5.11 Å². The second-order valence-corrected chi connectivity index (χ2v) is 6.95. The molecule has 0 amide bonds. The van der Waals surface area contributed by atoms with E-state index >= 15 is 0 Å². The van der Waals surface area contributed by atoms with Gasteiger partial charge in [0, 0.05) is 38.4 Å². The highest BCUT2D eigenvalue weighted by Gasteiger charge is 2.18. The van der Waals surface area contributed by atoms with E-state index in [-0.39, 0.29) is 5.97 Å². The largest absolute Gasteiger partial charge is 0.465 e. The van der Waals surface area contributed by atoms with E-state index in [1.165, 1.54) is 12.7 Å². The van der Waals surface area contributed by atoms with Crippen molar-refractivity contribution in [1.29, 1.82) is 0 Å². The molecule has 0 atom stereocenters. The predicted molar refractivity (Wildman–Crippen MR) is 112 cm³/mol. The molecule has 0 saturated carbocycles. The molecule has 142 valence electrons. The molecule has 0 aromatic heterocycles. The quantitative estimate of drug-likeness (QED) is 0.633. The van der Waals surface area contributed by atoms with Gasteiger partial charge in [-0.1, -0.05) is 30.3 Å². The number of hydrogen-bond acceptors (Lipinski definition) is 4. The smallest absolute Gasteiger partial charge is 0.337 e. The van der Waals surface area contributed by atoms with Gasteiger partial charge in [-0.2, -0.15) is 0 Å². The molecule has 1 N–H and O–H groups in total. The minimum Gasteiger partial charge on any atom is -0.465 e. The maximum atomic E-state index is 11.5. The molecule has 6 heteroatoms. The Bertz CT molecular complexity index is 757. The number of thiocarbonyl (C=S) groups is 1. The van der Waals surface area contributed by atoms with Crippen molar-refractivity contribution in [3.05, 3.63) is 65.7 Å². The van der Waals surface area contributed by atoms with Crippen molar-refractivity contribution in [2.75, 3.05) is 45.2 Å². The molecule has 1 aliphatic heterocycles. The number of rotatable bonds is 5. The molecular weight excluding hydrogens is 358 g/mol. The van der Waals surface area contributed by atoms with E-state index in [2.05, 4.69) is 45.4 Å². The predicted octanol–water partition coefficient (Wildman–Crippen LogP) is 3.03. The average Bonchev–Trinajstić information content (AvgIpc) is 2.73. The van der Waals surface area contributed by atoms with Crippen LogP contribution in [0, 0.1) is 0 Å². The maximum Gasteiger partial charge on any atom is 0.337 e. The lowest BCUT2D eigenvalue weighted by Crippen LogP contribution is -2.50. The first-order valence-corrected chi connectivity index (χ1v) is 9.57. The summed E-state index contributed by atoms with van der Waals surface area (Å²) in [7, 11) is 1.38. The van der Waals surface area contributed by atoms with Gasteiger partial charge in [0.05, 0.1) is 12.7 Å². The van der Waals surface area contributed by atoms with Crippen LogP contribution in [0.15, 0.2) is 54.6 Å². The Morgan fingerprint density at radius 3 is 2.33 bits per heavy atom. The summed E-state index contributed by atoms with van der Waals surface area (Å²) in [5.41, 5.74) is 2.78. The average molecular weight is 384 g/mol. The third-order valence-electron chi connectivity index (χ3n) is 4.78. The molecule has 3 rings (SSSR count). The third-order valence-corrected chi connectivity index (χ3v) is 5.14. The standard InChI is InChI=1S/C21H25N3O2S/c1-26-20(25)18-7-9-19(10-8-18)22-21(27)24-15-13-23(14-16-24)12-11-17-5-3-2-4-6-17/h2-10H,11-16H2,1H3,(H,22,27). The van der Waals surface area contributed by atoms with Crippen LogP contribution in [0.3, 0.4) is 0 Å². The van der Waals surface area contributed by atoms with Crippen LogP contribution in [0.25, 0.3) is 0 Å². The molecular formula is C21H25N3O2S. The van der Waals surface area contributed by atoms with E-state index < -0.39 is 0 Å². The lowest BCUT2D eigenvalue weighted by atomic mass is 10.1. The van der Waals surface area contributed by atoms with Gasteiger partial charge >= 0.3 is 5.97 Å². The maximum absolute atomic E-state index is 11.5. The Morgan fingerprint density at radius 1 is 1.04 bits per heavy atom.